The molecule has 3 N–H and O–H groups in total. The van der Waals surface area contributed by atoms with Gasteiger partial charge in [-0.2, -0.15) is 0 Å². The molecule has 4 rings (SSSR count). The molecule has 1 saturated heterocycles. The van der Waals surface area contributed by atoms with Crippen LogP contribution in [0, 0.1) is 0 Å². The van der Waals surface area contributed by atoms with Gasteiger partial charge < -0.3 is 20.5 Å². The zero-order valence-electron chi connectivity index (χ0n) is 14.5. The van der Waals surface area contributed by atoms with E-state index >= 15 is 0 Å². The molecule has 0 radical (unpaired) electrons. The fourth-order valence-electron chi connectivity index (χ4n) is 3.98. The maximum Gasteiger partial charge on any atom is 0.236 e. The number of fused-ring (bicyclic) bond motifs is 1. The highest BCUT2D eigenvalue weighted by Crippen LogP contribution is 2.21. The molecule has 0 aromatic carbocycles. The smallest absolute Gasteiger partial charge is 0.236 e. The second-order valence-electron chi connectivity index (χ2n) is 7.15. The zero-order chi connectivity index (χ0) is 17.1. The van der Waals surface area contributed by atoms with Gasteiger partial charge in [0.2, 0.25) is 5.91 Å². The lowest BCUT2D eigenvalue weighted by Crippen LogP contribution is -2.48. The maximum atomic E-state index is 12.5. The van der Waals surface area contributed by atoms with Crippen molar-refractivity contribution in [2.45, 2.75) is 50.6 Å². The van der Waals surface area contributed by atoms with Crippen molar-refractivity contribution in [3.63, 3.8) is 0 Å². The number of nitrogens with one attached hydrogen (secondary N) is 3. The third kappa shape index (κ3) is 3.76. The van der Waals surface area contributed by atoms with E-state index in [1.165, 1.54) is 25.7 Å². The van der Waals surface area contributed by atoms with Crippen LogP contribution < -0.4 is 10.6 Å². The van der Waals surface area contributed by atoms with Gasteiger partial charge in [0.15, 0.2) is 0 Å². The van der Waals surface area contributed by atoms with Gasteiger partial charge in [0.1, 0.15) is 17.8 Å². The molecule has 0 spiro atoms. The first-order chi connectivity index (χ1) is 12.3. The molecular weight excluding hydrogens is 316 g/mol. The first-order valence-electron chi connectivity index (χ1n) is 9.35. The van der Waals surface area contributed by atoms with E-state index in [0.717, 1.165) is 42.8 Å². The monoisotopic (exact) mass is 342 g/mol. The van der Waals surface area contributed by atoms with Crippen LogP contribution in [-0.4, -0.2) is 57.5 Å². The first-order valence-corrected chi connectivity index (χ1v) is 9.35. The van der Waals surface area contributed by atoms with Gasteiger partial charge in [0.25, 0.3) is 0 Å². The van der Waals surface area contributed by atoms with Crippen LogP contribution in [0.1, 0.15) is 38.5 Å². The molecule has 25 heavy (non-hydrogen) atoms. The molecule has 2 fully saturated rings. The number of carbonyl (C=O) groups excluding carboxylic acids is 1. The van der Waals surface area contributed by atoms with Gasteiger partial charge in [0.05, 0.1) is 11.9 Å². The molecular formula is C18H26N6O. The average molecular weight is 342 g/mol. The van der Waals surface area contributed by atoms with Crippen molar-refractivity contribution in [3.8, 4) is 0 Å². The van der Waals surface area contributed by atoms with E-state index in [4.69, 9.17) is 0 Å². The lowest BCUT2D eigenvalue weighted by molar-refractivity contribution is -0.131. The van der Waals surface area contributed by atoms with Crippen LogP contribution in [0.25, 0.3) is 11.0 Å². The van der Waals surface area contributed by atoms with Gasteiger partial charge in [-0.25, -0.2) is 9.97 Å². The summed E-state index contributed by atoms with van der Waals surface area (Å²) in [5, 5.41) is 7.93. The Hall–Kier alpha value is -2.15. The third-order valence-electron chi connectivity index (χ3n) is 5.37. The Morgan fingerprint density at radius 1 is 1.20 bits per heavy atom. The SMILES string of the molecule is O=C(CNC1CCCC1)N1CCC[C@H](Nc2ncnc3[nH]ccc23)C1. The molecule has 0 unspecified atom stereocenters. The fraction of sp³-hybridized carbons (Fsp3) is 0.611. The Morgan fingerprint density at radius 3 is 2.92 bits per heavy atom. The Morgan fingerprint density at radius 2 is 2.04 bits per heavy atom. The standard InChI is InChI=1S/C18H26N6O/c25-16(10-20-13-4-1-2-5-13)24-9-3-6-14(11-24)23-18-15-7-8-19-17(15)21-12-22-18/h7-8,12-14,20H,1-6,9-11H2,(H2,19,21,22,23)/t14-/m0/s1. The summed E-state index contributed by atoms with van der Waals surface area (Å²) in [7, 11) is 0. The largest absolute Gasteiger partial charge is 0.365 e. The molecule has 7 nitrogen and oxygen atoms in total. The predicted octanol–water partition coefficient (Wildman–Crippen LogP) is 1.89. The number of amides is 1. The maximum absolute atomic E-state index is 12.5. The molecule has 0 bridgehead atoms. The number of aromatic amines is 1. The van der Waals surface area contributed by atoms with E-state index in [9.17, 15) is 4.79 Å². The quantitative estimate of drug-likeness (QED) is 0.773. The summed E-state index contributed by atoms with van der Waals surface area (Å²) in [6, 6.07) is 2.75. The number of aromatic nitrogens is 3. The molecule has 2 aromatic heterocycles. The Balaban J connectivity index is 1.34. The fourth-order valence-corrected chi connectivity index (χ4v) is 3.98. The van der Waals surface area contributed by atoms with Crippen LogP contribution in [0.2, 0.25) is 0 Å². The summed E-state index contributed by atoms with van der Waals surface area (Å²) in [6.07, 6.45) is 10.5. The van der Waals surface area contributed by atoms with Crippen LogP contribution in [0.4, 0.5) is 5.82 Å². The van der Waals surface area contributed by atoms with Crippen LogP contribution in [-0.2, 0) is 4.79 Å². The highest BCUT2D eigenvalue weighted by molar-refractivity contribution is 5.86. The molecule has 2 aliphatic rings. The Labute approximate surface area is 147 Å². The third-order valence-corrected chi connectivity index (χ3v) is 5.37. The van der Waals surface area contributed by atoms with Crippen molar-refractivity contribution < 1.29 is 4.79 Å². The molecule has 3 heterocycles. The summed E-state index contributed by atoms with van der Waals surface area (Å²) in [5.41, 5.74) is 0.835. The van der Waals surface area contributed by atoms with Crippen molar-refractivity contribution in [1.82, 2.24) is 25.2 Å². The number of carbonyl (C=O) groups is 1. The number of piperidine rings is 1. The molecule has 1 aliphatic heterocycles. The first kappa shape index (κ1) is 16.3. The van der Waals surface area contributed by atoms with E-state index in [0.29, 0.717) is 12.6 Å². The number of H-pyrrole nitrogens is 1. The zero-order valence-corrected chi connectivity index (χ0v) is 14.5. The number of anilines is 1. The number of nitrogens with zero attached hydrogens (tertiary/aromatic N) is 3. The van der Waals surface area contributed by atoms with Crippen LogP contribution in [0.3, 0.4) is 0 Å². The van der Waals surface area contributed by atoms with Gasteiger partial charge >= 0.3 is 0 Å². The van der Waals surface area contributed by atoms with E-state index < -0.39 is 0 Å². The topological polar surface area (TPSA) is 85.9 Å². The summed E-state index contributed by atoms with van der Waals surface area (Å²) < 4.78 is 0. The number of hydrogen-bond acceptors (Lipinski definition) is 5. The minimum Gasteiger partial charge on any atom is -0.365 e. The van der Waals surface area contributed by atoms with E-state index in [1.54, 1.807) is 6.33 Å². The van der Waals surface area contributed by atoms with Gasteiger partial charge in [0, 0.05) is 31.4 Å². The highest BCUT2D eigenvalue weighted by Gasteiger charge is 2.25. The normalized spacial score (nSPS) is 21.8. The number of hydrogen-bond donors (Lipinski definition) is 3. The number of likely N-dealkylation sites (tertiary alicyclic amines) is 1. The van der Waals surface area contributed by atoms with Gasteiger partial charge in [-0.05, 0) is 31.7 Å². The van der Waals surface area contributed by atoms with Gasteiger partial charge in [-0.3, -0.25) is 4.79 Å². The van der Waals surface area contributed by atoms with Gasteiger partial charge in [-0.15, -0.1) is 0 Å². The average Bonchev–Trinajstić information content (AvgIpc) is 3.32. The second-order valence-corrected chi connectivity index (χ2v) is 7.15. The molecule has 1 atom stereocenters. The molecule has 134 valence electrons. The minimum atomic E-state index is 0.216. The van der Waals surface area contributed by atoms with Crippen molar-refractivity contribution in [3.05, 3.63) is 18.6 Å². The van der Waals surface area contributed by atoms with E-state index in [1.807, 2.05) is 17.2 Å². The molecule has 1 aliphatic carbocycles. The molecule has 1 saturated carbocycles. The van der Waals surface area contributed by atoms with Crippen molar-refractivity contribution in [2.24, 2.45) is 0 Å². The van der Waals surface area contributed by atoms with Crippen LogP contribution in [0.15, 0.2) is 18.6 Å². The van der Waals surface area contributed by atoms with Crippen molar-refractivity contribution in [2.75, 3.05) is 25.0 Å². The number of rotatable bonds is 5. The highest BCUT2D eigenvalue weighted by atomic mass is 16.2. The van der Waals surface area contributed by atoms with E-state index in [2.05, 4.69) is 25.6 Å². The summed E-state index contributed by atoms with van der Waals surface area (Å²) >= 11 is 0. The van der Waals surface area contributed by atoms with Crippen LogP contribution in [0.5, 0.6) is 0 Å². The molecule has 2 aromatic rings. The predicted molar refractivity (Wildman–Crippen MR) is 97.4 cm³/mol. The van der Waals surface area contributed by atoms with Gasteiger partial charge in [-0.1, -0.05) is 12.8 Å². The minimum absolute atomic E-state index is 0.216. The Bertz CT molecular complexity index is 723. The van der Waals surface area contributed by atoms with Crippen molar-refractivity contribution >= 4 is 22.8 Å². The summed E-state index contributed by atoms with van der Waals surface area (Å²) in [6.45, 7) is 2.06. The lowest BCUT2D eigenvalue weighted by atomic mass is 10.1. The lowest BCUT2D eigenvalue weighted by Gasteiger charge is -2.34. The summed E-state index contributed by atoms with van der Waals surface area (Å²) in [4.78, 5) is 26.2. The second kappa shape index (κ2) is 7.39. The molecule has 7 heteroatoms. The van der Waals surface area contributed by atoms with Crippen molar-refractivity contribution in [1.29, 1.82) is 0 Å². The van der Waals surface area contributed by atoms with E-state index in [-0.39, 0.29) is 11.9 Å². The van der Waals surface area contributed by atoms with Crippen LogP contribution >= 0.6 is 0 Å². The Kier molecular flexibility index (Phi) is 4.83. The molecule has 1 amide bonds. The summed E-state index contributed by atoms with van der Waals surface area (Å²) in [5.74, 6) is 1.06.